The molecule has 0 spiro atoms. The first-order valence-corrected chi connectivity index (χ1v) is 10.9. The molecule has 160 valence electrons. The van der Waals surface area contributed by atoms with E-state index < -0.39 is 23.9 Å². The molecule has 0 saturated carbocycles. The first-order chi connectivity index (χ1) is 14.8. The van der Waals surface area contributed by atoms with Gasteiger partial charge in [0.15, 0.2) is 0 Å². The molecule has 11 heteroatoms. The minimum atomic E-state index is -2.79. The number of aryl methyl sites for hydroxylation is 2. The molecule has 7 nitrogen and oxygen atoms in total. The van der Waals surface area contributed by atoms with Crippen LogP contribution in [0.3, 0.4) is 0 Å². The van der Waals surface area contributed by atoms with E-state index in [4.69, 9.17) is 5.73 Å². The third-order valence-electron chi connectivity index (χ3n) is 4.62. The fraction of sp³-hybridized carbons (Fsp3) is 0.200. The van der Waals surface area contributed by atoms with Crippen molar-refractivity contribution in [2.45, 2.75) is 26.8 Å². The first-order valence-electron chi connectivity index (χ1n) is 9.25. The SMILES string of the molecule is CCn1nccc1C(=O)Nc1c(C(N)=O)sc2nc(C(F)F)cc(-c3ccc(C)s3)c12. The van der Waals surface area contributed by atoms with E-state index in [1.165, 1.54) is 28.3 Å². The van der Waals surface area contributed by atoms with Crippen molar-refractivity contribution in [1.29, 1.82) is 0 Å². The monoisotopic (exact) mass is 461 g/mol. The molecule has 0 aliphatic carbocycles. The van der Waals surface area contributed by atoms with E-state index in [2.05, 4.69) is 15.4 Å². The Morgan fingerprint density at radius 1 is 1.26 bits per heavy atom. The van der Waals surface area contributed by atoms with Crippen LogP contribution in [0.4, 0.5) is 14.5 Å². The van der Waals surface area contributed by atoms with E-state index >= 15 is 0 Å². The number of nitrogens with two attached hydrogens (primary N) is 1. The molecular formula is C20H17F2N5O2S2. The van der Waals surface area contributed by atoms with E-state index in [-0.39, 0.29) is 15.4 Å². The van der Waals surface area contributed by atoms with Crippen molar-refractivity contribution < 1.29 is 18.4 Å². The summed E-state index contributed by atoms with van der Waals surface area (Å²) in [5.41, 5.74) is 6.06. The number of anilines is 1. The van der Waals surface area contributed by atoms with Crippen molar-refractivity contribution in [1.82, 2.24) is 14.8 Å². The predicted molar refractivity (Wildman–Crippen MR) is 117 cm³/mol. The topological polar surface area (TPSA) is 103 Å². The Morgan fingerprint density at radius 2 is 2.03 bits per heavy atom. The Balaban J connectivity index is 1.96. The molecular weight excluding hydrogens is 444 g/mol. The summed E-state index contributed by atoms with van der Waals surface area (Å²) in [4.78, 5) is 31.1. The Hall–Kier alpha value is -3.18. The third kappa shape index (κ3) is 3.81. The van der Waals surface area contributed by atoms with Crippen LogP contribution in [0.1, 0.15) is 44.1 Å². The van der Waals surface area contributed by atoms with E-state index in [0.717, 1.165) is 21.1 Å². The van der Waals surface area contributed by atoms with Gasteiger partial charge in [0.1, 0.15) is 21.1 Å². The van der Waals surface area contributed by atoms with Gasteiger partial charge in [0.05, 0.1) is 5.69 Å². The Bertz CT molecular complexity index is 1310. The lowest BCUT2D eigenvalue weighted by Crippen LogP contribution is -2.19. The molecule has 0 fully saturated rings. The standard InChI is InChI=1S/C20H17F2N5O2S2/c1-3-27-12(6-7-24-27)19(29)26-15-14-10(13-5-4-9(2)30-13)8-11(17(21)22)25-20(14)31-16(15)18(23)28/h4-8,17H,3H2,1-2H3,(H2,23,28)(H,26,29). The molecule has 31 heavy (non-hydrogen) atoms. The number of halogens is 2. The number of alkyl halides is 2. The van der Waals surface area contributed by atoms with Crippen molar-refractivity contribution in [2.75, 3.05) is 5.32 Å². The van der Waals surface area contributed by atoms with Crippen LogP contribution in [0.5, 0.6) is 0 Å². The maximum absolute atomic E-state index is 13.5. The molecule has 4 rings (SSSR count). The zero-order valence-electron chi connectivity index (χ0n) is 16.5. The molecule has 4 aromatic rings. The van der Waals surface area contributed by atoms with Crippen molar-refractivity contribution in [2.24, 2.45) is 5.73 Å². The number of pyridine rings is 1. The number of nitrogens with zero attached hydrogens (tertiary/aromatic N) is 3. The van der Waals surface area contributed by atoms with Crippen molar-refractivity contribution in [3.63, 3.8) is 0 Å². The average Bonchev–Trinajstić information content (AvgIpc) is 3.45. The lowest BCUT2D eigenvalue weighted by atomic mass is 10.1. The summed E-state index contributed by atoms with van der Waals surface area (Å²) in [7, 11) is 0. The molecule has 0 bridgehead atoms. The van der Waals surface area contributed by atoms with Crippen molar-refractivity contribution >= 4 is 50.4 Å². The van der Waals surface area contributed by atoms with Crippen LogP contribution in [0.15, 0.2) is 30.5 Å². The van der Waals surface area contributed by atoms with Gasteiger partial charge in [0, 0.05) is 33.4 Å². The lowest BCUT2D eigenvalue weighted by molar-refractivity contribution is 0.100. The van der Waals surface area contributed by atoms with Gasteiger partial charge in [-0.1, -0.05) is 0 Å². The fourth-order valence-corrected chi connectivity index (χ4v) is 5.15. The molecule has 0 aliphatic heterocycles. The van der Waals surface area contributed by atoms with Gasteiger partial charge in [-0.15, -0.1) is 22.7 Å². The summed E-state index contributed by atoms with van der Waals surface area (Å²) in [6.45, 7) is 4.21. The van der Waals surface area contributed by atoms with E-state index in [1.54, 1.807) is 6.07 Å². The lowest BCUT2D eigenvalue weighted by Gasteiger charge is -2.10. The van der Waals surface area contributed by atoms with Crippen LogP contribution in [0, 0.1) is 6.92 Å². The van der Waals surface area contributed by atoms with Crippen LogP contribution in [-0.2, 0) is 6.54 Å². The highest BCUT2D eigenvalue weighted by atomic mass is 32.1. The van der Waals surface area contributed by atoms with Crippen molar-refractivity contribution in [3.05, 3.63) is 51.6 Å². The maximum Gasteiger partial charge on any atom is 0.280 e. The number of thiophene rings is 2. The number of hydrogen-bond acceptors (Lipinski definition) is 6. The molecule has 0 atom stereocenters. The summed E-state index contributed by atoms with van der Waals surface area (Å²) < 4.78 is 28.5. The molecule has 4 aromatic heterocycles. The molecule has 3 N–H and O–H groups in total. The normalized spacial score (nSPS) is 11.4. The molecule has 0 saturated heterocycles. The van der Waals surface area contributed by atoms with Crippen molar-refractivity contribution in [3.8, 4) is 10.4 Å². The first kappa shape index (κ1) is 21.1. The van der Waals surface area contributed by atoms with Gasteiger partial charge >= 0.3 is 0 Å². The fourth-order valence-electron chi connectivity index (χ4n) is 3.25. The number of amides is 2. The quantitative estimate of drug-likeness (QED) is 0.429. The second-order valence-corrected chi connectivity index (χ2v) is 8.93. The zero-order valence-corrected chi connectivity index (χ0v) is 18.1. The number of nitrogens with one attached hydrogen (secondary N) is 1. The largest absolute Gasteiger partial charge is 0.365 e. The van der Waals surface area contributed by atoms with Gasteiger partial charge in [0.2, 0.25) is 0 Å². The zero-order chi connectivity index (χ0) is 22.3. The highest BCUT2D eigenvalue weighted by molar-refractivity contribution is 7.21. The summed E-state index contributed by atoms with van der Waals surface area (Å²) in [5, 5.41) is 7.22. The smallest absolute Gasteiger partial charge is 0.280 e. The number of hydrogen-bond donors (Lipinski definition) is 2. The Morgan fingerprint density at radius 3 is 2.65 bits per heavy atom. The second-order valence-electron chi connectivity index (χ2n) is 6.64. The summed E-state index contributed by atoms with van der Waals surface area (Å²) in [5.74, 6) is -1.28. The summed E-state index contributed by atoms with van der Waals surface area (Å²) in [6.07, 6.45) is -1.30. The highest BCUT2D eigenvalue weighted by Crippen LogP contribution is 2.44. The summed E-state index contributed by atoms with van der Waals surface area (Å²) in [6, 6.07) is 6.52. The molecule has 0 unspecified atom stereocenters. The van der Waals surface area contributed by atoms with E-state index in [0.29, 0.717) is 23.2 Å². The minimum Gasteiger partial charge on any atom is -0.365 e. The molecule has 2 amide bonds. The van der Waals surface area contributed by atoms with Crippen LogP contribution < -0.4 is 11.1 Å². The Kier molecular flexibility index (Phi) is 5.54. The number of carbonyl (C=O) groups is 2. The highest BCUT2D eigenvalue weighted by Gasteiger charge is 2.26. The van der Waals surface area contributed by atoms with Gasteiger partial charge < -0.3 is 11.1 Å². The second kappa shape index (κ2) is 8.16. The number of fused-ring (bicyclic) bond motifs is 1. The van der Waals surface area contributed by atoms with Crippen LogP contribution in [-0.4, -0.2) is 26.6 Å². The molecule has 0 aliphatic rings. The number of rotatable bonds is 6. The molecule has 0 radical (unpaired) electrons. The summed E-state index contributed by atoms with van der Waals surface area (Å²) >= 11 is 2.29. The molecule has 0 aromatic carbocycles. The van der Waals surface area contributed by atoms with Gasteiger partial charge in [-0.05, 0) is 38.1 Å². The number of carbonyl (C=O) groups excluding carboxylic acids is 2. The minimum absolute atomic E-state index is 0.0411. The van der Waals surface area contributed by atoms with Crippen LogP contribution in [0.25, 0.3) is 20.7 Å². The van der Waals surface area contributed by atoms with Gasteiger partial charge in [-0.3, -0.25) is 14.3 Å². The van der Waals surface area contributed by atoms with Gasteiger partial charge in [-0.25, -0.2) is 13.8 Å². The predicted octanol–water partition coefficient (Wildman–Crippen LogP) is 4.84. The van der Waals surface area contributed by atoms with Crippen LogP contribution in [0.2, 0.25) is 0 Å². The van der Waals surface area contributed by atoms with Crippen LogP contribution >= 0.6 is 22.7 Å². The number of primary amides is 1. The Labute approximate surface area is 183 Å². The van der Waals surface area contributed by atoms with Gasteiger partial charge in [0.25, 0.3) is 18.2 Å². The third-order valence-corrected chi connectivity index (χ3v) is 6.75. The van der Waals surface area contributed by atoms with E-state index in [1.807, 2.05) is 26.0 Å². The molecule has 4 heterocycles. The average molecular weight is 462 g/mol. The number of aromatic nitrogens is 3. The van der Waals surface area contributed by atoms with E-state index in [9.17, 15) is 18.4 Å². The maximum atomic E-state index is 13.5. The van der Waals surface area contributed by atoms with Gasteiger partial charge in [-0.2, -0.15) is 5.10 Å².